The number of rotatable bonds is 5. The van der Waals surface area contributed by atoms with E-state index in [4.69, 9.17) is 0 Å². The Morgan fingerprint density at radius 1 is 1.17 bits per heavy atom. The van der Waals surface area contributed by atoms with Gasteiger partial charge in [0.15, 0.2) is 6.17 Å². The number of urea groups is 1. The molecule has 7 nitrogen and oxygen atoms in total. The molecule has 2 atom stereocenters. The first kappa shape index (κ1) is 16.9. The van der Waals surface area contributed by atoms with Crippen molar-refractivity contribution in [3.63, 3.8) is 0 Å². The molecule has 3 amide bonds. The largest absolute Gasteiger partial charge is 0.340 e. The minimum absolute atomic E-state index is 0.219. The van der Waals surface area contributed by atoms with Gasteiger partial charge in [0.1, 0.15) is 0 Å². The van der Waals surface area contributed by atoms with E-state index in [0.29, 0.717) is 6.54 Å². The third-order valence-corrected chi connectivity index (χ3v) is 4.76. The van der Waals surface area contributed by atoms with Crippen molar-refractivity contribution in [3.05, 3.63) is 35.9 Å². The van der Waals surface area contributed by atoms with Crippen LogP contribution in [0.15, 0.2) is 30.3 Å². The van der Waals surface area contributed by atoms with Gasteiger partial charge in [-0.2, -0.15) is 0 Å². The van der Waals surface area contributed by atoms with E-state index in [1.165, 1.54) is 30.5 Å². The number of nitrogens with one attached hydrogen (secondary N) is 2. The average molecular weight is 331 g/mol. The SMILES string of the molecule is CN1NC(NCC(c2ccccc2)N2CCCC2)C(=O)N(C)C1=O. The summed E-state index contributed by atoms with van der Waals surface area (Å²) in [4.78, 5) is 27.7. The average Bonchev–Trinajstić information content (AvgIpc) is 3.13. The lowest BCUT2D eigenvalue weighted by atomic mass is 10.1. The molecule has 7 heteroatoms. The molecule has 3 rings (SSSR count). The van der Waals surface area contributed by atoms with Crippen LogP contribution in [0.2, 0.25) is 0 Å². The fraction of sp³-hybridized carbons (Fsp3) is 0.529. The molecule has 2 heterocycles. The number of nitrogens with zero attached hydrogens (tertiary/aromatic N) is 3. The molecule has 0 aliphatic carbocycles. The Balaban J connectivity index is 1.69. The normalized spacial score (nSPS) is 23.8. The molecule has 0 radical (unpaired) electrons. The summed E-state index contributed by atoms with van der Waals surface area (Å²) in [6.45, 7) is 2.79. The molecule has 1 aromatic rings. The summed E-state index contributed by atoms with van der Waals surface area (Å²) < 4.78 is 0. The number of hydrogen-bond donors (Lipinski definition) is 2. The predicted octanol–water partition coefficient (Wildman–Crippen LogP) is 0.768. The van der Waals surface area contributed by atoms with Crippen molar-refractivity contribution in [3.8, 4) is 0 Å². The first-order valence-electron chi connectivity index (χ1n) is 8.41. The number of likely N-dealkylation sites (tertiary alicyclic amines) is 1. The lowest BCUT2D eigenvalue weighted by Crippen LogP contribution is -2.67. The van der Waals surface area contributed by atoms with Gasteiger partial charge >= 0.3 is 6.03 Å². The number of carbonyl (C=O) groups is 2. The lowest BCUT2D eigenvalue weighted by Gasteiger charge is -2.37. The molecule has 0 saturated carbocycles. The maximum Gasteiger partial charge on any atom is 0.340 e. The maximum atomic E-state index is 12.3. The highest BCUT2D eigenvalue weighted by atomic mass is 16.2. The van der Waals surface area contributed by atoms with Crippen molar-refractivity contribution in [2.45, 2.75) is 25.0 Å². The standard InChI is InChI=1S/C17H25N5O2/c1-20-16(23)15(19-21(2)17(20)24)18-12-14(22-10-6-7-11-22)13-8-4-3-5-9-13/h3-5,8-9,14-15,18-19H,6-7,10-12H2,1-2H3. The van der Waals surface area contributed by atoms with Crippen LogP contribution in [0.5, 0.6) is 0 Å². The van der Waals surface area contributed by atoms with Crippen LogP contribution < -0.4 is 10.7 Å². The Labute approximate surface area is 142 Å². The molecular weight excluding hydrogens is 306 g/mol. The van der Waals surface area contributed by atoms with Crippen molar-refractivity contribution < 1.29 is 9.59 Å². The second-order valence-corrected chi connectivity index (χ2v) is 6.38. The minimum Gasteiger partial charge on any atom is -0.295 e. The molecule has 24 heavy (non-hydrogen) atoms. The van der Waals surface area contributed by atoms with Crippen LogP contribution in [0.1, 0.15) is 24.4 Å². The van der Waals surface area contributed by atoms with E-state index in [0.717, 1.165) is 18.0 Å². The fourth-order valence-corrected chi connectivity index (χ4v) is 3.37. The molecule has 2 saturated heterocycles. The third kappa shape index (κ3) is 3.43. The second kappa shape index (κ2) is 7.29. The van der Waals surface area contributed by atoms with Crippen molar-refractivity contribution in [2.75, 3.05) is 33.7 Å². The summed E-state index contributed by atoms with van der Waals surface area (Å²) in [6, 6.07) is 10.2. The molecule has 2 unspecified atom stereocenters. The summed E-state index contributed by atoms with van der Waals surface area (Å²) in [6.07, 6.45) is 1.83. The van der Waals surface area contributed by atoms with Gasteiger partial charge in [-0.1, -0.05) is 30.3 Å². The number of hydrazine groups is 1. The van der Waals surface area contributed by atoms with Crippen molar-refractivity contribution >= 4 is 11.9 Å². The molecule has 1 aromatic carbocycles. The summed E-state index contributed by atoms with van der Waals surface area (Å²) >= 11 is 0. The van der Waals surface area contributed by atoms with Gasteiger partial charge in [-0.15, -0.1) is 0 Å². The van der Waals surface area contributed by atoms with E-state index in [-0.39, 0.29) is 18.0 Å². The first-order chi connectivity index (χ1) is 11.6. The molecule has 2 aliphatic heterocycles. The quantitative estimate of drug-likeness (QED) is 0.834. The van der Waals surface area contributed by atoms with Crippen LogP contribution in [0, 0.1) is 0 Å². The molecule has 2 aliphatic rings. The van der Waals surface area contributed by atoms with Crippen LogP contribution in [0.4, 0.5) is 4.79 Å². The third-order valence-electron chi connectivity index (χ3n) is 4.76. The summed E-state index contributed by atoms with van der Waals surface area (Å²) in [5.74, 6) is -0.258. The minimum atomic E-state index is -0.591. The molecule has 0 bridgehead atoms. The molecule has 0 aromatic heterocycles. The zero-order valence-electron chi connectivity index (χ0n) is 14.2. The molecule has 2 fully saturated rings. The van der Waals surface area contributed by atoms with Gasteiger partial charge in [0.05, 0.1) is 0 Å². The van der Waals surface area contributed by atoms with E-state index in [9.17, 15) is 9.59 Å². The Hall–Kier alpha value is -1.96. The second-order valence-electron chi connectivity index (χ2n) is 6.38. The van der Waals surface area contributed by atoms with Gasteiger partial charge < -0.3 is 0 Å². The molecule has 0 spiro atoms. The first-order valence-corrected chi connectivity index (χ1v) is 8.41. The molecule has 2 N–H and O–H groups in total. The zero-order chi connectivity index (χ0) is 17.1. The number of amides is 3. The lowest BCUT2D eigenvalue weighted by molar-refractivity contribution is -0.135. The molecular formula is C17H25N5O2. The van der Waals surface area contributed by atoms with Crippen LogP contribution in [-0.2, 0) is 4.79 Å². The smallest absolute Gasteiger partial charge is 0.295 e. The van der Waals surface area contributed by atoms with Crippen LogP contribution in [-0.4, -0.2) is 66.6 Å². The predicted molar refractivity (Wildman–Crippen MR) is 90.8 cm³/mol. The van der Waals surface area contributed by atoms with E-state index >= 15 is 0 Å². The van der Waals surface area contributed by atoms with E-state index in [2.05, 4.69) is 27.8 Å². The van der Waals surface area contributed by atoms with Crippen molar-refractivity contribution in [1.82, 2.24) is 25.6 Å². The summed E-state index contributed by atoms with van der Waals surface area (Å²) in [5.41, 5.74) is 4.15. The van der Waals surface area contributed by atoms with Crippen LogP contribution in [0.25, 0.3) is 0 Å². The van der Waals surface area contributed by atoms with E-state index in [1.807, 2.05) is 18.2 Å². The fourth-order valence-electron chi connectivity index (χ4n) is 3.37. The number of imide groups is 1. The highest BCUT2D eigenvalue weighted by molar-refractivity contribution is 5.98. The summed E-state index contributed by atoms with van der Waals surface area (Å²) in [7, 11) is 3.13. The van der Waals surface area contributed by atoms with Gasteiger partial charge in [0.25, 0.3) is 5.91 Å². The highest BCUT2D eigenvalue weighted by Gasteiger charge is 2.35. The molecule has 130 valence electrons. The van der Waals surface area contributed by atoms with Crippen molar-refractivity contribution in [1.29, 1.82) is 0 Å². The van der Waals surface area contributed by atoms with Crippen LogP contribution in [0.3, 0.4) is 0 Å². The number of carbonyl (C=O) groups excluding carboxylic acids is 2. The van der Waals surface area contributed by atoms with Gasteiger partial charge in [-0.25, -0.2) is 10.2 Å². The van der Waals surface area contributed by atoms with Gasteiger partial charge in [-0.3, -0.25) is 24.9 Å². The van der Waals surface area contributed by atoms with Gasteiger partial charge in [0.2, 0.25) is 0 Å². The topological polar surface area (TPSA) is 67.9 Å². The Morgan fingerprint density at radius 2 is 1.83 bits per heavy atom. The van der Waals surface area contributed by atoms with Crippen LogP contribution >= 0.6 is 0 Å². The summed E-state index contributed by atoms with van der Waals surface area (Å²) in [5, 5.41) is 4.63. The Bertz CT molecular complexity index is 588. The van der Waals surface area contributed by atoms with Crippen molar-refractivity contribution in [2.24, 2.45) is 0 Å². The monoisotopic (exact) mass is 331 g/mol. The van der Waals surface area contributed by atoms with E-state index < -0.39 is 6.17 Å². The van der Waals surface area contributed by atoms with E-state index in [1.54, 1.807) is 7.05 Å². The number of likely N-dealkylation sites (N-methyl/N-ethyl adjacent to an activating group) is 1. The number of hydrogen-bond acceptors (Lipinski definition) is 5. The Morgan fingerprint density at radius 3 is 2.50 bits per heavy atom. The highest BCUT2D eigenvalue weighted by Crippen LogP contribution is 2.24. The maximum absolute atomic E-state index is 12.3. The Kier molecular flexibility index (Phi) is 5.13. The number of benzene rings is 1. The van der Waals surface area contributed by atoms with Gasteiger partial charge in [-0.05, 0) is 31.5 Å². The zero-order valence-corrected chi connectivity index (χ0v) is 14.2. The van der Waals surface area contributed by atoms with Gasteiger partial charge in [0, 0.05) is 26.7 Å².